The van der Waals surface area contributed by atoms with Gasteiger partial charge in [-0.05, 0) is 64.2 Å². The summed E-state index contributed by atoms with van der Waals surface area (Å²) in [6.07, 6.45) is 48.8. The summed E-state index contributed by atoms with van der Waals surface area (Å²) >= 11 is 0. The minimum atomic E-state index is -1.13. The van der Waals surface area contributed by atoms with Gasteiger partial charge in [-0.25, -0.2) is 0 Å². The molecule has 0 aromatic rings. The second-order valence-corrected chi connectivity index (χ2v) is 17.7. The van der Waals surface area contributed by atoms with E-state index in [1.165, 1.54) is 135 Å². The predicted molar refractivity (Wildman–Crippen MR) is 245 cm³/mol. The number of ether oxygens (including phenoxy) is 3. The number of carbonyl (C=O) groups excluding carboxylic acids is 3. The van der Waals surface area contributed by atoms with Gasteiger partial charge in [0.1, 0.15) is 12.6 Å². The number of nitrogens with zero attached hydrogens (tertiary/aromatic N) is 1. The van der Waals surface area contributed by atoms with Crippen molar-refractivity contribution in [2.24, 2.45) is 0 Å². The third kappa shape index (κ3) is 40.7. The van der Waals surface area contributed by atoms with E-state index in [-0.39, 0.29) is 42.7 Å². The molecule has 2 atom stereocenters. The van der Waals surface area contributed by atoms with Crippen LogP contribution in [0.2, 0.25) is 0 Å². The lowest BCUT2D eigenvalue weighted by atomic mass is 10.1. The summed E-state index contributed by atoms with van der Waals surface area (Å²) in [6, 6.07) is -0.727. The van der Waals surface area contributed by atoms with Gasteiger partial charge in [-0.1, -0.05) is 172 Å². The van der Waals surface area contributed by atoms with Gasteiger partial charge in [0.25, 0.3) is 0 Å². The summed E-state index contributed by atoms with van der Waals surface area (Å²) in [5, 5.41) is 11.6. The lowest BCUT2D eigenvalue weighted by Crippen LogP contribution is -2.55. The molecule has 0 spiro atoms. The molecule has 0 radical (unpaired) electrons. The van der Waals surface area contributed by atoms with E-state index in [0.717, 1.165) is 51.4 Å². The van der Waals surface area contributed by atoms with Crippen LogP contribution in [0.3, 0.4) is 0 Å². The number of hydrogen-bond acceptors (Lipinski definition) is 7. The molecule has 344 valence electrons. The number of allylic oxidation sites excluding steroid dienone is 6. The quantitative estimate of drug-likeness (QED) is 0.0198. The van der Waals surface area contributed by atoms with Gasteiger partial charge in [-0.2, -0.15) is 0 Å². The van der Waals surface area contributed by atoms with Crippen LogP contribution in [0.15, 0.2) is 36.5 Å². The summed E-state index contributed by atoms with van der Waals surface area (Å²) in [5.41, 5.74) is 0. The number of carbonyl (C=O) groups is 3. The molecule has 0 aromatic heterocycles. The van der Waals surface area contributed by atoms with Crippen molar-refractivity contribution in [3.05, 3.63) is 36.5 Å². The standard InChI is InChI=1S/C51H93NO7/c1-6-8-10-12-14-16-18-20-22-24-25-26-28-30-32-34-36-38-40-42-50(54)59-47(45-57-44-43-48(51(55)56)52(3,4)5)46-58-49(53)41-39-37-35-33-31-29-27-23-21-19-17-15-13-11-9-7-2/h14,16,18,20,23,27,47-48H,6-13,15,17,19,21-22,24-26,28-46H2,1-5H3/b16-14+,20-18+,27-23+. The molecule has 0 aliphatic carbocycles. The Morgan fingerprint density at radius 1 is 0.508 bits per heavy atom. The zero-order valence-corrected chi connectivity index (χ0v) is 39.2. The Balaban J connectivity index is 4.28. The number of carboxylic acids is 1. The van der Waals surface area contributed by atoms with E-state index in [4.69, 9.17) is 14.2 Å². The fourth-order valence-corrected chi connectivity index (χ4v) is 7.17. The zero-order chi connectivity index (χ0) is 43.5. The van der Waals surface area contributed by atoms with Gasteiger partial charge in [0.2, 0.25) is 0 Å². The summed E-state index contributed by atoms with van der Waals surface area (Å²) < 4.78 is 17.2. The normalized spacial score (nSPS) is 13.2. The van der Waals surface area contributed by atoms with E-state index >= 15 is 0 Å². The van der Waals surface area contributed by atoms with Crippen molar-refractivity contribution in [3.63, 3.8) is 0 Å². The van der Waals surface area contributed by atoms with Crippen LogP contribution in [0.25, 0.3) is 0 Å². The van der Waals surface area contributed by atoms with Crippen molar-refractivity contribution in [2.75, 3.05) is 41.0 Å². The van der Waals surface area contributed by atoms with Crippen molar-refractivity contribution in [1.29, 1.82) is 0 Å². The van der Waals surface area contributed by atoms with Gasteiger partial charge in [-0.3, -0.25) is 9.59 Å². The SMILES string of the molecule is CCCCC/C=C/C=C/CCCCCCCCCCCCC(=O)OC(COCCC(C(=O)[O-])[N+](C)(C)C)COC(=O)CCCCCCC/C=C/CCCCCCCCC. The minimum Gasteiger partial charge on any atom is -0.544 e. The Bertz CT molecular complexity index is 1060. The smallest absolute Gasteiger partial charge is 0.306 e. The molecule has 59 heavy (non-hydrogen) atoms. The van der Waals surface area contributed by atoms with Gasteiger partial charge < -0.3 is 28.6 Å². The molecule has 0 heterocycles. The van der Waals surface area contributed by atoms with Crippen LogP contribution < -0.4 is 5.11 Å². The molecule has 0 amide bonds. The Labute approximate surface area is 364 Å². The number of likely N-dealkylation sites (N-methyl/N-ethyl adjacent to an activating group) is 1. The third-order valence-electron chi connectivity index (χ3n) is 11.0. The fourth-order valence-electron chi connectivity index (χ4n) is 7.17. The summed E-state index contributed by atoms with van der Waals surface area (Å²) in [5.74, 6) is -1.74. The number of rotatable bonds is 44. The van der Waals surface area contributed by atoms with Crippen LogP contribution in [0.4, 0.5) is 0 Å². The monoisotopic (exact) mass is 832 g/mol. The number of carboxylic acid groups (broad SMARTS) is 1. The highest BCUT2D eigenvalue weighted by atomic mass is 16.6. The van der Waals surface area contributed by atoms with E-state index in [0.29, 0.717) is 12.8 Å². The van der Waals surface area contributed by atoms with Crippen molar-refractivity contribution in [2.45, 2.75) is 231 Å². The van der Waals surface area contributed by atoms with Crippen LogP contribution in [0.1, 0.15) is 219 Å². The molecule has 8 nitrogen and oxygen atoms in total. The fraction of sp³-hybridized carbons (Fsp3) is 0.824. The first-order chi connectivity index (χ1) is 28.6. The van der Waals surface area contributed by atoms with E-state index in [1.54, 1.807) is 21.1 Å². The molecule has 0 aliphatic heterocycles. The molecule has 0 saturated heterocycles. The second-order valence-electron chi connectivity index (χ2n) is 17.7. The van der Waals surface area contributed by atoms with Crippen molar-refractivity contribution in [1.82, 2.24) is 0 Å². The van der Waals surface area contributed by atoms with E-state index in [1.807, 2.05) is 0 Å². The third-order valence-corrected chi connectivity index (χ3v) is 11.0. The number of esters is 2. The Kier molecular flexibility index (Phi) is 40.5. The average Bonchev–Trinajstić information content (AvgIpc) is 3.19. The minimum absolute atomic E-state index is 0.0384. The molecular formula is C51H93NO7. The van der Waals surface area contributed by atoms with Gasteiger partial charge in [0.05, 0.1) is 40.3 Å². The Hall–Kier alpha value is -2.45. The largest absolute Gasteiger partial charge is 0.544 e. The summed E-state index contributed by atoms with van der Waals surface area (Å²) in [7, 11) is 5.41. The highest BCUT2D eigenvalue weighted by molar-refractivity contribution is 5.70. The summed E-state index contributed by atoms with van der Waals surface area (Å²) in [6.45, 7) is 4.64. The van der Waals surface area contributed by atoms with Crippen molar-refractivity contribution in [3.8, 4) is 0 Å². The van der Waals surface area contributed by atoms with E-state index < -0.39 is 18.1 Å². The van der Waals surface area contributed by atoms with Gasteiger partial charge in [0, 0.05) is 19.3 Å². The molecule has 8 heteroatoms. The molecular weight excluding hydrogens is 739 g/mol. The van der Waals surface area contributed by atoms with E-state index in [9.17, 15) is 19.5 Å². The molecule has 0 saturated carbocycles. The van der Waals surface area contributed by atoms with Gasteiger partial charge in [0.15, 0.2) is 6.10 Å². The van der Waals surface area contributed by atoms with Crippen LogP contribution in [0, 0.1) is 0 Å². The van der Waals surface area contributed by atoms with Crippen molar-refractivity contribution < 1.29 is 38.2 Å². The molecule has 0 rings (SSSR count). The molecule has 0 bridgehead atoms. The molecule has 0 aromatic carbocycles. The van der Waals surface area contributed by atoms with Crippen LogP contribution in [-0.4, -0.2) is 75.5 Å². The Morgan fingerprint density at radius 2 is 0.898 bits per heavy atom. The lowest BCUT2D eigenvalue weighted by Gasteiger charge is -2.34. The number of quaternary nitrogens is 1. The highest BCUT2D eigenvalue weighted by Crippen LogP contribution is 2.15. The van der Waals surface area contributed by atoms with Crippen molar-refractivity contribution >= 4 is 17.9 Å². The number of aliphatic carboxylic acids is 1. The number of hydrogen-bond donors (Lipinski definition) is 0. The molecule has 0 fully saturated rings. The molecule has 2 unspecified atom stereocenters. The molecule has 0 N–H and O–H groups in total. The van der Waals surface area contributed by atoms with Gasteiger partial charge in [-0.15, -0.1) is 0 Å². The van der Waals surface area contributed by atoms with Crippen LogP contribution in [0.5, 0.6) is 0 Å². The van der Waals surface area contributed by atoms with Crippen LogP contribution in [-0.2, 0) is 28.6 Å². The summed E-state index contributed by atoms with van der Waals surface area (Å²) in [4.78, 5) is 37.0. The first kappa shape index (κ1) is 56.5. The highest BCUT2D eigenvalue weighted by Gasteiger charge is 2.25. The first-order valence-electron chi connectivity index (χ1n) is 24.5. The lowest BCUT2D eigenvalue weighted by molar-refractivity contribution is -0.889. The molecule has 0 aliphatic rings. The topological polar surface area (TPSA) is 102 Å². The predicted octanol–water partition coefficient (Wildman–Crippen LogP) is 12.5. The number of unbranched alkanes of at least 4 members (excludes halogenated alkanes) is 25. The van der Waals surface area contributed by atoms with E-state index in [2.05, 4.69) is 50.3 Å². The zero-order valence-electron chi connectivity index (χ0n) is 39.2. The van der Waals surface area contributed by atoms with Crippen LogP contribution >= 0.6 is 0 Å². The second kappa shape index (κ2) is 42.2. The maximum Gasteiger partial charge on any atom is 0.306 e. The van der Waals surface area contributed by atoms with Gasteiger partial charge >= 0.3 is 11.9 Å². The maximum absolute atomic E-state index is 12.8. The first-order valence-corrected chi connectivity index (χ1v) is 24.5. The maximum atomic E-state index is 12.8. The Morgan fingerprint density at radius 3 is 1.36 bits per heavy atom. The average molecular weight is 832 g/mol.